The molecule has 0 saturated carbocycles. The van der Waals surface area contributed by atoms with Crippen molar-refractivity contribution in [3.05, 3.63) is 53.6 Å². The lowest BCUT2D eigenvalue weighted by Gasteiger charge is -2.28. The summed E-state index contributed by atoms with van der Waals surface area (Å²) in [5.74, 6) is -1.60. The second-order valence-corrected chi connectivity index (χ2v) is 26.2. The smallest absolute Gasteiger partial charge is 0.312 e. The number of Topliss-reactive ketones (excluding diaryl/α,β-unsaturated/α-hetero) is 2. The number of carbonyl (C=O) groups is 10. The molecule has 1 aromatic carbocycles. The van der Waals surface area contributed by atoms with Crippen molar-refractivity contribution >= 4 is 76.5 Å². The summed E-state index contributed by atoms with van der Waals surface area (Å²) >= 11 is 1.57. The fourth-order valence-electron chi connectivity index (χ4n) is 10.2. The molecular weight excluding hydrogens is 1380 g/mol. The van der Waals surface area contributed by atoms with Gasteiger partial charge >= 0.3 is 12.0 Å². The number of carbonyl (C=O) groups excluding carboxylic acids is 10. The van der Waals surface area contributed by atoms with Gasteiger partial charge in [0.1, 0.15) is 12.4 Å². The van der Waals surface area contributed by atoms with Crippen LogP contribution in [0.5, 0.6) is 0 Å². The molecule has 33 nitrogen and oxygen atoms in total. The topological polar surface area (TPSA) is 411 Å². The zero-order valence-corrected chi connectivity index (χ0v) is 63.6. The molecule has 0 saturated heterocycles. The molecule has 2 atom stereocenters. The number of nitrogens with two attached hydrogens (primary N) is 1. The number of urea groups is 1. The number of nitrogens with one attached hydrogen (secondary N) is 6. The van der Waals surface area contributed by atoms with E-state index in [-0.39, 0.29) is 132 Å². The monoisotopic (exact) mass is 1500 g/mol. The van der Waals surface area contributed by atoms with Crippen LogP contribution in [0.3, 0.4) is 0 Å². The predicted molar refractivity (Wildman–Crippen MR) is 393 cm³/mol. The quantitative estimate of drug-likeness (QED) is 0.0315. The molecule has 0 bridgehead atoms. The summed E-state index contributed by atoms with van der Waals surface area (Å²) in [4.78, 5) is 130. The van der Waals surface area contributed by atoms with Crippen molar-refractivity contribution in [2.24, 2.45) is 17.6 Å². The number of rotatable bonds is 66. The van der Waals surface area contributed by atoms with Crippen LogP contribution in [-0.4, -0.2) is 268 Å². The molecule has 0 spiro atoms. The number of aromatic nitrogens is 6. The van der Waals surface area contributed by atoms with Crippen molar-refractivity contribution in [1.29, 1.82) is 0 Å². The third-order valence-electron chi connectivity index (χ3n) is 16.1. The van der Waals surface area contributed by atoms with E-state index in [1.165, 1.54) is 6.92 Å². The first-order valence-electron chi connectivity index (χ1n) is 36.8. The Bertz CT molecular complexity index is 2940. The van der Waals surface area contributed by atoms with E-state index in [2.05, 4.69) is 52.5 Å². The number of benzene rings is 1. The van der Waals surface area contributed by atoms with Crippen LogP contribution in [0.15, 0.2) is 36.7 Å². The number of nitrogens with zero attached hydrogens (tertiary/aromatic N) is 8. The standard InChI is InChI=1S/C71H119N15O18S/c1-7-62(88)16-12-25-74-65(91)24-49-105-50-34-84(67(93)8-2)31-30-83(68(94)18-10-15-61-53-86(82-80-61)33-38-99-41-45-102-44-40-98-36-28-73-6)29-27-75-64(90)17-9-14-60-52-85(81-79-60)32-37-100-42-46-103-48-47-101-43-39-97-35-23-66(92)78-69(55(3)4)63(89)51-58(13-11-26-76-71(72)96)70(95)77-59-21-19-57(20-22-59)54-104-56(5)87/h19-22,52-53,55,58,69,73H,7-18,23-51,54H2,1-6H3,(H,74,91)(H,75,90)(H,77,95)(H,78,92)(H3,72,76,96)/t58?,69-/m0/s1. The Balaban J connectivity index is 1.32. The molecule has 1 unspecified atom stereocenters. The number of anilines is 1. The molecule has 0 fully saturated rings. The van der Waals surface area contributed by atoms with E-state index in [4.69, 9.17) is 43.6 Å². The molecule has 34 heteroatoms. The highest BCUT2D eigenvalue weighted by Crippen LogP contribution is 2.20. The van der Waals surface area contributed by atoms with Gasteiger partial charge in [0.2, 0.25) is 35.4 Å². The predicted octanol–water partition coefficient (Wildman–Crippen LogP) is 2.99. The average Bonchev–Trinajstić information content (AvgIpc) is 1.76. The molecule has 105 heavy (non-hydrogen) atoms. The molecule has 0 radical (unpaired) electrons. The van der Waals surface area contributed by atoms with Gasteiger partial charge in [-0.2, -0.15) is 11.8 Å². The minimum atomic E-state index is -0.853. The van der Waals surface area contributed by atoms with Gasteiger partial charge in [0.05, 0.1) is 123 Å². The summed E-state index contributed by atoms with van der Waals surface area (Å²) in [6.45, 7) is 17.9. The Morgan fingerprint density at radius 3 is 1.66 bits per heavy atom. The number of ketones is 2. The number of hydrogen-bond acceptors (Lipinski definition) is 24. The van der Waals surface area contributed by atoms with Crippen molar-refractivity contribution in [2.45, 2.75) is 157 Å². The first kappa shape index (κ1) is 91.6. The van der Waals surface area contributed by atoms with Gasteiger partial charge in [-0.1, -0.05) is 50.3 Å². The molecule has 0 aliphatic rings. The molecule has 3 aromatic rings. The van der Waals surface area contributed by atoms with Crippen LogP contribution in [0, 0.1) is 11.8 Å². The zero-order valence-electron chi connectivity index (χ0n) is 62.8. The molecule has 2 heterocycles. The number of hydrogen-bond donors (Lipinski definition) is 7. The summed E-state index contributed by atoms with van der Waals surface area (Å²) in [7, 11) is 1.87. The number of thioether (sulfide) groups is 1. The van der Waals surface area contributed by atoms with Crippen molar-refractivity contribution in [3.63, 3.8) is 0 Å². The van der Waals surface area contributed by atoms with Crippen LogP contribution in [0.4, 0.5) is 10.5 Å². The van der Waals surface area contributed by atoms with E-state index in [1.807, 2.05) is 26.4 Å². The van der Waals surface area contributed by atoms with Crippen molar-refractivity contribution in [2.75, 3.05) is 169 Å². The van der Waals surface area contributed by atoms with Crippen LogP contribution < -0.4 is 37.6 Å². The Labute approximate surface area is 622 Å². The van der Waals surface area contributed by atoms with Crippen molar-refractivity contribution < 1.29 is 85.8 Å². The summed E-state index contributed by atoms with van der Waals surface area (Å²) < 4.78 is 47.6. The maximum absolute atomic E-state index is 13.9. The fourth-order valence-corrected chi connectivity index (χ4v) is 11.0. The van der Waals surface area contributed by atoms with Crippen LogP contribution in [-0.2, 0) is 114 Å². The molecule has 592 valence electrons. The van der Waals surface area contributed by atoms with Gasteiger partial charge in [0.15, 0.2) is 5.78 Å². The van der Waals surface area contributed by atoms with E-state index < -0.39 is 29.9 Å². The molecule has 8 amide bonds. The molecule has 2 aromatic heterocycles. The van der Waals surface area contributed by atoms with E-state index in [0.717, 1.165) is 23.5 Å². The highest BCUT2D eigenvalue weighted by atomic mass is 32.2. The van der Waals surface area contributed by atoms with Gasteiger partial charge in [0, 0.05) is 146 Å². The van der Waals surface area contributed by atoms with Crippen LogP contribution in [0.25, 0.3) is 0 Å². The van der Waals surface area contributed by atoms with E-state index in [9.17, 15) is 47.9 Å². The van der Waals surface area contributed by atoms with E-state index in [1.54, 1.807) is 76.0 Å². The number of primary amides is 1. The highest BCUT2D eigenvalue weighted by molar-refractivity contribution is 7.99. The highest BCUT2D eigenvalue weighted by Gasteiger charge is 2.30. The van der Waals surface area contributed by atoms with Crippen LogP contribution in [0.1, 0.15) is 135 Å². The minimum absolute atomic E-state index is 0.000742. The minimum Gasteiger partial charge on any atom is -0.461 e. The lowest BCUT2D eigenvalue weighted by atomic mass is 9.89. The Morgan fingerprint density at radius 1 is 0.552 bits per heavy atom. The molecule has 0 aliphatic carbocycles. The van der Waals surface area contributed by atoms with Gasteiger partial charge in [-0.3, -0.25) is 43.2 Å². The number of ether oxygens (including phenoxy) is 8. The van der Waals surface area contributed by atoms with Crippen molar-refractivity contribution in [3.8, 4) is 0 Å². The summed E-state index contributed by atoms with van der Waals surface area (Å²) in [5.41, 5.74) is 7.89. The maximum Gasteiger partial charge on any atom is 0.312 e. The Kier molecular flexibility index (Phi) is 51.1. The SMILES string of the molecule is CCC(=O)CCCNC(=O)CCSCCN(CCN(CCNC(=O)CCCc1cn(CCOCCOCCOCCOCCC(=O)N[C@H](C(=O)CC(CCCNC(N)=O)C(=O)Nc2ccc(COC(C)=O)cc2)C(C)C)nn1)C(=O)CCCc1cn(CCOCCOCCOCCNC)nn1)C(=O)CC. The second kappa shape index (κ2) is 58.6. The summed E-state index contributed by atoms with van der Waals surface area (Å²) in [6.07, 6.45) is 8.88. The van der Waals surface area contributed by atoms with E-state index >= 15 is 0 Å². The van der Waals surface area contributed by atoms with Gasteiger partial charge < -0.3 is 85.3 Å². The van der Waals surface area contributed by atoms with Gasteiger partial charge in [-0.25, -0.2) is 14.2 Å². The van der Waals surface area contributed by atoms with E-state index in [0.29, 0.717) is 187 Å². The third-order valence-corrected chi connectivity index (χ3v) is 17.1. The number of aryl methyl sites for hydroxylation is 2. The largest absolute Gasteiger partial charge is 0.461 e. The molecule has 0 aliphatic heterocycles. The first-order chi connectivity index (χ1) is 50.8. The van der Waals surface area contributed by atoms with Crippen LogP contribution >= 0.6 is 11.8 Å². The lowest BCUT2D eigenvalue weighted by molar-refractivity contribution is -0.142. The van der Waals surface area contributed by atoms with Crippen molar-refractivity contribution in [1.82, 2.24) is 66.4 Å². The number of likely N-dealkylation sites (N-methyl/N-ethyl adjacent to an activating group) is 1. The van der Waals surface area contributed by atoms with Crippen LogP contribution in [0.2, 0.25) is 0 Å². The normalized spacial score (nSPS) is 11.8. The third kappa shape index (κ3) is 46.2. The lowest BCUT2D eigenvalue weighted by Crippen LogP contribution is -2.45. The molecule has 3 rings (SSSR count). The Hall–Kier alpha value is -7.57. The zero-order chi connectivity index (χ0) is 76.5. The Morgan fingerprint density at radius 2 is 1.10 bits per heavy atom. The van der Waals surface area contributed by atoms with Gasteiger partial charge in [-0.15, -0.1) is 10.2 Å². The first-order valence-corrected chi connectivity index (χ1v) is 38.0. The van der Waals surface area contributed by atoms with Gasteiger partial charge in [0.25, 0.3) is 0 Å². The summed E-state index contributed by atoms with van der Waals surface area (Å²) in [6, 6.07) is 5.19. The molecular formula is C71H119N15O18S. The number of amides is 8. The number of esters is 1. The molecule has 8 N–H and O–H groups in total. The second-order valence-electron chi connectivity index (χ2n) is 25.0. The summed E-state index contributed by atoms with van der Waals surface area (Å²) in [5, 5.41) is 33.9. The average molecular weight is 1500 g/mol. The van der Waals surface area contributed by atoms with Gasteiger partial charge in [-0.05, 0) is 75.6 Å². The fraction of sp³-hybridized carbons (Fsp3) is 0.718. The maximum atomic E-state index is 13.9.